The first-order valence-electron chi connectivity index (χ1n) is 7.36. The number of benzene rings is 1. The topological polar surface area (TPSA) is 110 Å². The molecule has 2 amide bonds. The van der Waals surface area contributed by atoms with Gasteiger partial charge in [0, 0.05) is 11.8 Å². The van der Waals surface area contributed by atoms with Crippen LogP contribution in [0.5, 0.6) is 0 Å². The van der Waals surface area contributed by atoms with Gasteiger partial charge in [-0.05, 0) is 31.0 Å². The zero-order valence-electron chi connectivity index (χ0n) is 13.1. The molecule has 0 fully saturated rings. The lowest BCUT2D eigenvalue weighted by Crippen LogP contribution is -2.34. The van der Waals surface area contributed by atoms with Gasteiger partial charge in [-0.3, -0.25) is 9.59 Å². The molecule has 0 bridgehead atoms. The minimum Gasteiger partial charge on any atom is -0.374 e. The van der Waals surface area contributed by atoms with Gasteiger partial charge in [0.05, 0.1) is 6.42 Å². The molecule has 0 aliphatic rings. The third kappa shape index (κ3) is 4.84. The first-order valence-corrected chi connectivity index (χ1v) is 7.36. The molecule has 7 heteroatoms. The van der Waals surface area contributed by atoms with Crippen LogP contribution in [0, 0.1) is 6.92 Å². The molecule has 1 atom stereocenters. The van der Waals surface area contributed by atoms with Crippen molar-refractivity contribution >= 4 is 23.3 Å². The van der Waals surface area contributed by atoms with Crippen LogP contribution in [0.4, 0.5) is 11.5 Å². The maximum Gasteiger partial charge on any atom is 0.248 e. The number of nitrogens with one attached hydrogen (secondary N) is 2. The second-order valence-corrected chi connectivity index (χ2v) is 5.26. The van der Waals surface area contributed by atoms with E-state index in [9.17, 15) is 9.59 Å². The summed E-state index contributed by atoms with van der Waals surface area (Å²) in [7, 11) is 0. The lowest BCUT2D eigenvalue weighted by Gasteiger charge is -2.17. The molecule has 0 aliphatic heterocycles. The van der Waals surface area contributed by atoms with Crippen LogP contribution in [0.25, 0.3) is 0 Å². The number of aromatic nitrogens is 1. The molecular weight excluding hydrogens is 296 g/mol. The van der Waals surface area contributed by atoms with Gasteiger partial charge >= 0.3 is 0 Å². The van der Waals surface area contributed by atoms with Crippen LogP contribution in [0.2, 0.25) is 0 Å². The Morgan fingerprint density at radius 2 is 2.00 bits per heavy atom. The van der Waals surface area contributed by atoms with Crippen LogP contribution in [0.1, 0.15) is 24.7 Å². The van der Waals surface area contributed by atoms with Crippen molar-refractivity contribution in [3.05, 3.63) is 41.7 Å². The molecule has 0 saturated carbocycles. The summed E-state index contributed by atoms with van der Waals surface area (Å²) in [6.45, 7) is 3.67. The molecule has 4 N–H and O–H groups in total. The van der Waals surface area contributed by atoms with Crippen molar-refractivity contribution in [2.45, 2.75) is 32.7 Å². The molecule has 122 valence electrons. The van der Waals surface area contributed by atoms with Crippen LogP contribution >= 0.6 is 0 Å². The lowest BCUT2D eigenvalue weighted by atomic mass is 10.1. The Bertz CT molecular complexity index is 679. The fraction of sp³-hybridized carbons (Fsp3) is 0.312. The summed E-state index contributed by atoms with van der Waals surface area (Å²) in [6.07, 6.45) is 0.801. The van der Waals surface area contributed by atoms with E-state index in [1.165, 1.54) is 0 Å². The van der Waals surface area contributed by atoms with E-state index in [4.69, 9.17) is 10.3 Å². The fourth-order valence-electron chi connectivity index (χ4n) is 2.11. The highest BCUT2D eigenvalue weighted by Gasteiger charge is 2.17. The number of nitrogens with two attached hydrogens (primary N) is 1. The lowest BCUT2D eigenvalue weighted by molar-refractivity contribution is -0.118. The molecule has 0 spiro atoms. The van der Waals surface area contributed by atoms with Crippen molar-refractivity contribution in [2.24, 2.45) is 5.73 Å². The Hall–Kier alpha value is -2.83. The molecular formula is C16H20N4O3. The van der Waals surface area contributed by atoms with Crippen molar-refractivity contribution in [3.63, 3.8) is 0 Å². The maximum atomic E-state index is 12.3. The number of nitrogens with zero attached hydrogens (tertiary/aromatic N) is 1. The highest BCUT2D eigenvalue weighted by molar-refractivity contribution is 5.95. The Balaban J connectivity index is 1.98. The van der Waals surface area contributed by atoms with Crippen molar-refractivity contribution in [1.29, 1.82) is 0 Å². The predicted molar refractivity (Wildman–Crippen MR) is 86.9 cm³/mol. The van der Waals surface area contributed by atoms with E-state index in [2.05, 4.69) is 15.8 Å². The third-order valence-corrected chi connectivity index (χ3v) is 3.28. The van der Waals surface area contributed by atoms with Crippen molar-refractivity contribution in [2.75, 3.05) is 10.6 Å². The van der Waals surface area contributed by atoms with Crippen molar-refractivity contribution in [3.8, 4) is 0 Å². The van der Waals surface area contributed by atoms with E-state index in [0.717, 1.165) is 11.3 Å². The van der Waals surface area contributed by atoms with Crippen LogP contribution in [-0.2, 0) is 16.0 Å². The summed E-state index contributed by atoms with van der Waals surface area (Å²) >= 11 is 0. The molecule has 1 heterocycles. The Kier molecular flexibility index (Phi) is 5.35. The average molecular weight is 316 g/mol. The van der Waals surface area contributed by atoms with Gasteiger partial charge < -0.3 is 20.9 Å². The van der Waals surface area contributed by atoms with Gasteiger partial charge in [0.2, 0.25) is 11.8 Å². The smallest absolute Gasteiger partial charge is 0.248 e. The van der Waals surface area contributed by atoms with Gasteiger partial charge in [0.15, 0.2) is 5.82 Å². The van der Waals surface area contributed by atoms with Crippen LogP contribution in [-0.4, -0.2) is 23.0 Å². The standard InChI is InChI=1S/C16H20N4O3/c1-3-13(16(22)19-15-8-10(2)23-20-15)18-12-6-4-11(5-7-12)9-14(17)21/h4-8,13,18H,3,9H2,1-2H3,(H2,17,21)(H,19,20,22). The predicted octanol–water partition coefficient (Wildman–Crippen LogP) is 1.84. The van der Waals surface area contributed by atoms with E-state index in [0.29, 0.717) is 18.0 Å². The molecule has 1 aromatic carbocycles. The monoisotopic (exact) mass is 316 g/mol. The number of hydrogen-bond acceptors (Lipinski definition) is 5. The summed E-state index contributed by atoms with van der Waals surface area (Å²) in [4.78, 5) is 23.1. The van der Waals surface area contributed by atoms with Crippen LogP contribution < -0.4 is 16.4 Å². The minimum absolute atomic E-state index is 0.193. The van der Waals surface area contributed by atoms with Gasteiger partial charge in [-0.25, -0.2) is 0 Å². The summed E-state index contributed by atoms with van der Waals surface area (Å²) in [5.74, 6) is 0.456. The Morgan fingerprint density at radius 3 is 2.52 bits per heavy atom. The minimum atomic E-state index is -0.408. The molecule has 7 nitrogen and oxygen atoms in total. The molecule has 0 radical (unpaired) electrons. The first-order chi connectivity index (χ1) is 11.0. The van der Waals surface area contributed by atoms with E-state index < -0.39 is 6.04 Å². The largest absolute Gasteiger partial charge is 0.374 e. The molecule has 1 unspecified atom stereocenters. The van der Waals surface area contributed by atoms with Gasteiger partial charge in [0.25, 0.3) is 0 Å². The van der Waals surface area contributed by atoms with Gasteiger partial charge in [-0.1, -0.05) is 24.2 Å². The zero-order valence-corrected chi connectivity index (χ0v) is 13.1. The SMILES string of the molecule is CCC(Nc1ccc(CC(N)=O)cc1)C(=O)Nc1cc(C)on1. The summed E-state index contributed by atoms with van der Waals surface area (Å²) < 4.78 is 4.92. The number of anilines is 2. The number of primary amides is 1. The number of rotatable bonds is 7. The fourth-order valence-corrected chi connectivity index (χ4v) is 2.11. The number of hydrogen-bond donors (Lipinski definition) is 3. The summed E-state index contributed by atoms with van der Waals surface area (Å²) in [5, 5.41) is 9.59. The van der Waals surface area contributed by atoms with E-state index in [1.54, 1.807) is 25.1 Å². The molecule has 0 aliphatic carbocycles. The molecule has 2 aromatic rings. The van der Waals surface area contributed by atoms with E-state index in [-0.39, 0.29) is 18.2 Å². The maximum absolute atomic E-state index is 12.3. The van der Waals surface area contributed by atoms with Crippen molar-refractivity contribution < 1.29 is 14.1 Å². The van der Waals surface area contributed by atoms with E-state index >= 15 is 0 Å². The van der Waals surface area contributed by atoms with E-state index in [1.807, 2.05) is 19.1 Å². The molecule has 23 heavy (non-hydrogen) atoms. The molecule has 2 rings (SSSR count). The Labute approximate surface area is 134 Å². The Morgan fingerprint density at radius 1 is 1.30 bits per heavy atom. The average Bonchev–Trinajstić information content (AvgIpc) is 2.91. The second kappa shape index (κ2) is 7.44. The number of carbonyl (C=O) groups excluding carboxylic acids is 2. The number of carbonyl (C=O) groups is 2. The van der Waals surface area contributed by atoms with Crippen molar-refractivity contribution in [1.82, 2.24) is 5.16 Å². The summed E-state index contributed by atoms with van der Waals surface area (Å²) in [5.41, 5.74) is 6.78. The molecule has 1 aromatic heterocycles. The first kappa shape index (κ1) is 16.5. The van der Waals surface area contributed by atoms with Crippen LogP contribution in [0.3, 0.4) is 0 Å². The van der Waals surface area contributed by atoms with Gasteiger partial charge in [0.1, 0.15) is 11.8 Å². The zero-order chi connectivity index (χ0) is 16.8. The van der Waals surface area contributed by atoms with Crippen LogP contribution in [0.15, 0.2) is 34.9 Å². The molecule has 0 saturated heterocycles. The number of amides is 2. The van der Waals surface area contributed by atoms with Gasteiger partial charge in [-0.2, -0.15) is 0 Å². The normalized spacial score (nSPS) is 11.7. The summed E-state index contributed by atoms with van der Waals surface area (Å²) in [6, 6.07) is 8.48. The third-order valence-electron chi connectivity index (χ3n) is 3.28. The highest BCUT2D eigenvalue weighted by atomic mass is 16.5. The highest BCUT2D eigenvalue weighted by Crippen LogP contribution is 2.14. The number of aryl methyl sites for hydroxylation is 1. The van der Waals surface area contributed by atoms with Gasteiger partial charge in [-0.15, -0.1) is 0 Å². The quantitative estimate of drug-likeness (QED) is 0.722. The second-order valence-electron chi connectivity index (χ2n) is 5.26.